The lowest BCUT2D eigenvalue weighted by Gasteiger charge is -2.05. The molecule has 0 aliphatic carbocycles. The van der Waals surface area contributed by atoms with Crippen molar-refractivity contribution >= 4 is 17.2 Å². The van der Waals surface area contributed by atoms with Crippen LogP contribution in [0.4, 0.5) is 0 Å². The highest BCUT2D eigenvalue weighted by Gasteiger charge is 2.22. The molecule has 2 heterocycles. The van der Waals surface area contributed by atoms with Crippen molar-refractivity contribution in [1.82, 2.24) is 10.3 Å². The summed E-state index contributed by atoms with van der Waals surface area (Å²) in [6.45, 7) is 1.40. The molecule has 23 heavy (non-hydrogen) atoms. The highest BCUT2D eigenvalue weighted by molar-refractivity contribution is 7.13. The Hall–Kier alpha value is -1.76. The Morgan fingerprint density at radius 1 is 1.35 bits per heavy atom. The van der Waals surface area contributed by atoms with Crippen molar-refractivity contribution < 1.29 is 14.6 Å². The maximum absolute atomic E-state index is 12.1. The standard InChI is InChI=1S/C17H20N2O3S/c20-11-13-5-3-12(4-6-13)7-8-18-16(21)15-10-19-17(23-15)14-2-1-9-22-14/h3-6,10,14,20H,1-2,7-9,11H2,(H,18,21). The van der Waals surface area contributed by atoms with Gasteiger partial charge in [0, 0.05) is 13.2 Å². The van der Waals surface area contributed by atoms with Gasteiger partial charge in [0.15, 0.2) is 0 Å². The molecule has 1 aliphatic rings. The van der Waals surface area contributed by atoms with E-state index in [2.05, 4.69) is 10.3 Å². The molecule has 5 nitrogen and oxygen atoms in total. The minimum atomic E-state index is -0.0845. The Labute approximate surface area is 139 Å². The van der Waals surface area contributed by atoms with Crippen LogP contribution in [0.15, 0.2) is 30.5 Å². The second-order valence-electron chi connectivity index (χ2n) is 5.54. The first-order valence-corrected chi connectivity index (χ1v) is 8.62. The van der Waals surface area contributed by atoms with Crippen LogP contribution in [-0.2, 0) is 17.8 Å². The number of nitrogens with zero attached hydrogens (tertiary/aromatic N) is 1. The van der Waals surface area contributed by atoms with Gasteiger partial charge in [-0.2, -0.15) is 0 Å². The number of benzene rings is 1. The zero-order valence-electron chi connectivity index (χ0n) is 12.8. The van der Waals surface area contributed by atoms with Crippen LogP contribution in [0.25, 0.3) is 0 Å². The van der Waals surface area contributed by atoms with Gasteiger partial charge in [-0.05, 0) is 30.4 Å². The summed E-state index contributed by atoms with van der Waals surface area (Å²) in [5, 5.41) is 12.8. The van der Waals surface area contributed by atoms with Crippen LogP contribution < -0.4 is 5.32 Å². The Morgan fingerprint density at radius 2 is 2.13 bits per heavy atom. The smallest absolute Gasteiger partial charge is 0.263 e. The maximum Gasteiger partial charge on any atom is 0.263 e. The third kappa shape index (κ3) is 4.16. The molecule has 1 amide bonds. The third-order valence-corrected chi connectivity index (χ3v) is 4.95. The Morgan fingerprint density at radius 3 is 2.83 bits per heavy atom. The molecular weight excluding hydrogens is 312 g/mol. The first kappa shape index (κ1) is 16.1. The van der Waals surface area contributed by atoms with E-state index < -0.39 is 0 Å². The molecule has 1 atom stereocenters. The highest BCUT2D eigenvalue weighted by Crippen LogP contribution is 2.31. The van der Waals surface area contributed by atoms with Crippen molar-refractivity contribution in [2.75, 3.05) is 13.2 Å². The van der Waals surface area contributed by atoms with Crippen LogP contribution in [0.5, 0.6) is 0 Å². The first-order valence-electron chi connectivity index (χ1n) is 7.80. The van der Waals surface area contributed by atoms with Gasteiger partial charge >= 0.3 is 0 Å². The second-order valence-corrected chi connectivity index (χ2v) is 6.61. The van der Waals surface area contributed by atoms with E-state index in [-0.39, 0.29) is 18.6 Å². The predicted octanol–water partition coefficient (Wildman–Crippen LogP) is 2.46. The van der Waals surface area contributed by atoms with Gasteiger partial charge < -0.3 is 15.2 Å². The number of nitrogens with one attached hydrogen (secondary N) is 1. The number of carbonyl (C=O) groups excluding carboxylic acids is 1. The number of thiazole rings is 1. The van der Waals surface area contributed by atoms with Crippen molar-refractivity contribution in [3.63, 3.8) is 0 Å². The van der Waals surface area contributed by atoms with Crippen LogP contribution in [-0.4, -0.2) is 29.1 Å². The van der Waals surface area contributed by atoms with E-state index in [0.29, 0.717) is 11.4 Å². The summed E-state index contributed by atoms with van der Waals surface area (Å²) in [5.74, 6) is -0.0845. The van der Waals surface area contributed by atoms with Gasteiger partial charge in [-0.1, -0.05) is 24.3 Å². The minimum Gasteiger partial charge on any atom is -0.392 e. The van der Waals surface area contributed by atoms with Gasteiger partial charge in [-0.25, -0.2) is 4.98 Å². The number of aliphatic hydroxyl groups is 1. The van der Waals surface area contributed by atoms with Crippen molar-refractivity contribution in [3.05, 3.63) is 51.5 Å². The number of rotatable bonds is 6. The zero-order chi connectivity index (χ0) is 16.1. The SMILES string of the molecule is O=C(NCCc1ccc(CO)cc1)c1cnc(C2CCCO2)s1. The van der Waals surface area contributed by atoms with Gasteiger partial charge in [-0.3, -0.25) is 4.79 Å². The molecule has 1 fully saturated rings. The van der Waals surface area contributed by atoms with Gasteiger partial charge in [0.05, 0.1) is 12.8 Å². The van der Waals surface area contributed by atoms with E-state index >= 15 is 0 Å². The summed E-state index contributed by atoms with van der Waals surface area (Å²) >= 11 is 1.41. The second kappa shape index (κ2) is 7.68. The number of hydrogen-bond donors (Lipinski definition) is 2. The highest BCUT2D eigenvalue weighted by atomic mass is 32.1. The summed E-state index contributed by atoms with van der Waals surface area (Å²) in [6, 6.07) is 7.74. The number of carbonyl (C=O) groups is 1. The Balaban J connectivity index is 1.48. The summed E-state index contributed by atoms with van der Waals surface area (Å²) < 4.78 is 5.59. The molecule has 2 aromatic rings. The molecular formula is C17H20N2O3S. The van der Waals surface area contributed by atoms with E-state index in [4.69, 9.17) is 9.84 Å². The number of aliphatic hydroxyl groups excluding tert-OH is 1. The monoisotopic (exact) mass is 332 g/mol. The molecule has 0 bridgehead atoms. The molecule has 1 aromatic heterocycles. The molecule has 1 saturated heterocycles. The lowest BCUT2D eigenvalue weighted by Crippen LogP contribution is -2.24. The van der Waals surface area contributed by atoms with Crippen molar-refractivity contribution in [3.8, 4) is 0 Å². The van der Waals surface area contributed by atoms with Crippen molar-refractivity contribution in [2.45, 2.75) is 32.0 Å². The lowest BCUT2D eigenvalue weighted by molar-refractivity contribution is 0.0958. The van der Waals surface area contributed by atoms with E-state index in [0.717, 1.165) is 42.0 Å². The third-order valence-electron chi connectivity index (χ3n) is 3.86. The molecule has 0 saturated carbocycles. The number of hydrogen-bond acceptors (Lipinski definition) is 5. The average Bonchev–Trinajstić information content (AvgIpc) is 3.26. The molecule has 1 unspecified atom stereocenters. The quantitative estimate of drug-likeness (QED) is 0.852. The number of amides is 1. The summed E-state index contributed by atoms with van der Waals surface area (Å²) in [4.78, 5) is 17.1. The van der Waals surface area contributed by atoms with Gasteiger partial charge in [-0.15, -0.1) is 11.3 Å². The Bertz CT molecular complexity index is 648. The van der Waals surface area contributed by atoms with Crippen LogP contribution in [0, 0.1) is 0 Å². The van der Waals surface area contributed by atoms with Crippen LogP contribution in [0.3, 0.4) is 0 Å². The summed E-state index contributed by atoms with van der Waals surface area (Å²) in [5.41, 5.74) is 2.02. The number of aromatic nitrogens is 1. The van der Waals surface area contributed by atoms with Gasteiger partial charge in [0.25, 0.3) is 5.91 Å². The van der Waals surface area contributed by atoms with Crippen molar-refractivity contribution in [1.29, 1.82) is 0 Å². The van der Waals surface area contributed by atoms with E-state index in [1.807, 2.05) is 24.3 Å². The van der Waals surface area contributed by atoms with Crippen LogP contribution in [0.2, 0.25) is 0 Å². The lowest BCUT2D eigenvalue weighted by atomic mass is 10.1. The fourth-order valence-electron chi connectivity index (χ4n) is 2.53. The first-order chi connectivity index (χ1) is 11.3. The zero-order valence-corrected chi connectivity index (χ0v) is 13.6. The summed E-state index contributed by atoms with van der Waals surface area (Å²) in [7, 11) is 0. The fraction of sp³-hybridized carbons (Fsp3) is 0.412. The molecule has 0 spiro atoms. The van der Waals surface area contributed by atoms with E-state index in [1.165, 1.54) is 11.3 Å². The molecule has 3 rings (SSSR count). The number of ether oxygens (including phenoxy) is 1. The van der Waals surface area contributed by atoms with Crippen LogP contribution >= 0.6 is 11.3 Å². The normalized spacial score (nSPS) is 17.3. The largest absolute Gasteiger partial charge is 0.392 e. The molecule has 1 aliphatic heterocycles. The van der Waals surface area contributed by atoms with E-state index in [9.17, 15) is 4.79 Å². The average molecular weight is 332 g/mol. The summed E-state index contributed by atoms with van der Waals surface area (Å²) in [6.07, 6.45) is 4.49. The fourth-order valence-corrected chi connectivity index (χ4v) is 3.45. The molecule has 2 N–H and O–H groups in total. The molecule has 1 aromatic carbocycles. The van der Waals surface area contributed by atoms with Gasteiger partial charge in [0.1, 0.15) is 16.0 Å². The molecule has 122 valence electrons. The van der Waals surface area contributed by atoms with Gasteiger partial charge in [0.2, 0.25) is 0 Å². The predicted molar refractivity (Wildman–Crippen MR) is 88.4 cm³/mol. The topological polar surface area (TPSA) is 71.5 Å². The van der Waals surface area contributed by atoms with E-state index in [1.54, 1.807) is 6.20 Å². The maximum atomic E-state index is 12.1. The Kier molecular flexibility index (Phi) is 5.38. The minimum absolute atomic E-state index is 0.0510. The molecule has 0 radical (unpaired) electrons. The van der Waals surface area contributed by atoms with Crippen molar-refractivity contribution in [2.24, 2.45) is 0 Å². The van der Waals surface area contributed by atoms with Crippen LogP contribution in [0.1, 0.15) is 44.8 Å². The molecule has 6 heteroatoms.